The van der Waals surface area contributed by atoms with Gasteiger partial charge in [0.05, 0.1) is 0 Å². The van der Waals surface area contributed by atoms with Crippen molar-refractivity contribution in [2.45, 2.75) is 12.5 Å². The lowest BCUT2D eigenvalue weighted by molar-refractivity contribution is -0.130. The van der Waals surface area contributed by atoms with Gasteiger partial charge < -0.3 is 20.5 Å². The highest BCUT2D eigenvalue weighted by Gasteiger charge is 2.17. The van der Waals surface area contributed by atoms with Crippen molar-refractivity contribution >= 4 is 23.6 Å². The molecular weight excluding hydrogens is 308 g/mol. The maximum absolute atomic E-state index is 12.0. The first kappa shape index (κ1) is 18.0. The largest absolute Gasteiger partial charge is 0.465 e. The maximum atomic E-state index is 12.0. The molecule has 0 radical (unpaired) electrons. The molecule has 0 aromatic heterocycles. The number of benzene rings is 1. The molecule has 22 heavy (non-hydrogen) atoms. The van der Waals surface area contributed by atoms with Crippen molar-refractivity contribution in [2.24, 2.45) is 0 Å². The number of methoxy groups -OCH3 is 1. The third-order valence-electron chi connectivity index (χ3n) is 2.82. The summed E-state index contributed by atoms with van der Waals surface area (Å²) in [6, 6.07) is 7.25. The summed E-state index contributed by atoms with van der Waals surface area (Å²) in [6.45, 7) is 0.497. The highest BCUT2D eigenvalue weighted by atomic mass is 35.5. The Bertz CT molecular complexity index is 534. The lowest BCUT2D eigenvalue weighted by Crippen LogP contribution is -2.37. The molecule has 3 N–H and O–H groups in total. The Morgan fingerprint density at radius 1 is 1.32 bits per heavy atom. The first-order valence-corrected chi connectivity index (χ1v) is 7.07. The highest BCUT2D eigenvalue weighted by molar-refractivity contribution is 6.30. The van der Waals surface area contributed by atoms with Crippen LogP contribution in [0.1, 0.15) is 5.56 Å². The standard InChI is InChI=1S/C15H19ClN2O4/c1-22-13(10-11-5-4-6-12(16)9-11)14(19)17-7-2-3-8-18-15(20)21/h2-6,9,13,18H,7-8,10H2,1H3,(H,17,19)(H,20,21). The zero-order chi connectivity index (χ0) is 16.4. The van der Waals surface area contributed by atoms with E-state index in [4.69, 9.17) is 21.4 Å². The van der Waals surface area contributed by atoms with Gasteiger partial charge in [0.1, 0.15) is 6.10 Å². The van der Waals surface area contributed by atoms with E-state index >= 15 is 0 Å². The van der Waals surface area contributed by atoms with E-state index in [9.17, 15) is 9.59 Å². The molecule has 7 heteroatoms. The fourth-order valence-electron chi connectivity index (χ4n) is 1.75. The Morgan fingerprint density at radius 3 is 2.59 bits per heavy atom. The van der Waals surface area contributed by atoms with Crippen LogP contribution in [0.25, 0.3) is 0 Å². The van der Waals surface area contributed by atoms with Gasteiger partial charge in [-0.25, -0.2) is 4.79 Å². The van der Waals surface area contributed by atoms with Crippen LogP contribution in [0, 0.1) is 0 Å². The lowest BCUT2D eigenvalue weighted by atomic mass is 10.1. The summed E-state index contributed by atoms with van der Waals surface area (Å²) >= 11 is 5.91. The highest BCUT2D eigenvalue weighted by Crippen LogP contribution is 2.13. The Morgan fingerprint density at radius 2 is 2.00 bits per heavy atom. The molecular formula is C15H19ClN2O4. The van der Waals surface area contributed by atoms with Crippen LogP contribution in [0.3, 0.4) is 0 Å². The molecule has 0 bridgehead atoms. The molecule has 1 atom stereocenters. The molecule has 1 aromatic rings. The number of amides is 2. The molecule has 0 spiro atoms. The van der Waals surface area contributed by atoms with E-state index in [-0.39, 0.29) is 12.5 Å². The predicted molar refractivity (Wildman–Crippen MR) is 84.1 cm³/mol. The van der Waals surface area contributed by atoms with Crippen LogP contribution in [0.2, 0.25) is 5.02 Å². The monoisotopic (exact) mass is 326 g/mol. The summed E-state index contributed by atoms with van der Waals surface area (Å²) < 4.78 is 5.20. The number of carbonyl (C=O) groups is 2. The minimum Gasteiger partial charge on any atom is -0.465 e. The molecule has 0 aliphatic carbocycles. The molecule has 0 aliphatic heterocycles. The first-order chi connectivity index (χ1) is 10.5. The van der Waals surface area contributed by atoms with E-state index in [1.807, 2.05) is 12.1 Å². The fourth-order valence-corrected chi connectivity index (χ4v) is 1.96. The lowest BCUT2D eigenvalue weighted by Gasteiger charge is -2.14. The summed E-state index contributed by atoms with van der Waals surface area (Å²) in [5.41, 5.74) is 0.913. The molecule has 0 aliphatic rings. The second kappa shape index (κ2) is 9.81. The zero-order valence-electron chi connectivity index (χ0n) is 12.2. The Balaban J connectivity index is 2.39. The molecule has 6 nitrogen and oxygen atoms in total. The van der Waals surface area contributed by atoms with Gasteiger partial charge in [0.2, 0.25) is 5.91 Å². The molecule has 120 valence electrons. The number of carboxylic acid groups (broad SMARTS) is 1. The van der Waals surface area contributed by atoms with E-state index in [2.05, 4.69) is 10.6 Å². The summed E-state index contributed by atoms with van der Waals surface area (Å²) in [5.74, 6) is -0.238. The van der Waals surface area contributed by atoms with Crippen LogP contribution in [0.5, 0.6) is 0 Å². The Kier molecular flexibility index (Phi) is 8.03. The molecule has 0 heterocycles. The number of ether oxygens (including phenoxy) is 1. The van der Waals surface area contributed by atoms with Gasteiger partial charge in [0.25, 0.3) is 0 Å². The van der Waals surface area contributed by atoms with Crippen LogP contribution >= 0.6 is 11.6 Å². The zero-order valence-corrected chi connectivity index (χ0v) is 13.0. The average Bonchev–Trinajstić information content (AvgIpc) is 2.47. The Hall–Kier alpha value is -2.05. The minimum absolute atomic E-state index is 0.196. The van der Waals surface area contributed by atoms with Crippen LogP contribution < -0.4 is 10.6 Å². The fraction of sp³-hybridized carbons (Fsp3) is 0.333. The number of carbonyl (C=O) groups excluding carboxylic acids is 1. The van der Waals surface area contributed by atoms with Crippen LogP contribution in [-0.4, -0.2) is 43.4 Å². The average molecular weight is 327 g/mol. The van der Waals surface area contributed by atoms with Gasteiger partial charge in [0, 0.05) is 31.6 Å². The molecule has 1 unspecified atom stereocenters. The van der Waals surface area contributed by atoms with Crippen LogP contribution in [0.4, 0.5) is 4.79 Å². The molecule has 1 aromatic carbocycles. The second-order valence-corrected chi connectivity index (χ2v) is 4.90. The van der Waals surface area contributed by atoms with Crippen molar-refractivity contribution in [1.82, 2.24) is 10.6 Å². The van der Waals surface area contributed by atoms with Gasteiger partial charge in [0.15, 0.2) is 0 Å². The quantitative estimate of drug-likeness (QED) is 0.636. The third-order valence-corrected chi connectivity index (χ3v) is 3.05. The SMILES string of the molecule is COC(Cc1cccc(Cl)c1)C(=O)NCC=CCNC(=O)O. The van der Waals surface area contributed by atoms with Gasteiger partial charge in [-0.15, -0.1) is 0 Å². The van der Waals surface area contributed by atoms with E-state index in [0.29, 0.717) is 18.0 Å². The smallest absolute Gasteiger partial charge is 0.404 e. The predicted octanol–water partition coefficient (Wildman–Crippen LogP) is 1.84. The van der Waals surface area contributed by atoms with Gasteiger partial charge in [-0.3, -0.25) is 4.79 Å². The minimum atomic E-state index is -1.09. The van der Waals surface area contributed by atoms with Gasteiger partial charge in [-0.1, -0.05) is 35.9 Å². The topological polar surface area (TPSA) is 87.7 Å². The molecule has 0 saturated heterocycles. The van der Waals surface area contributed by atoms with Crippen molar-refractivity contribution in [2.75, 3.05) is 20.2 Å². The van der Waals surface area contributed by atoms with Gasteiger partial charge >= 0.3 is 6.09 Å². The maximum Gasteiger partial charge on any atom is 0.404 e. The molecule has 0 saturated carbocycles. The van der Waals surface area contributed by atoms with E-state index in [1.165, 1.54) is 7.11 Å². The summed E-state index contributed by atoms with van der Waals surface area (Å²) in [4.78, 5) is 22.2. The number of hydrogen-bond donors (Lipinski definition) is 3. The van der Waals surface area contributed by atoms with E-state index < -0.39 is 12.2 Å². The van der Waals surface area contributed by atoms with Gasteiger partial charge in [-0.2, -0.15) is 0 Å². The van der Waals surface area contributed by atoms with E-state index in [1.54, 1.807) is 24.3 Å². The summed E-state index contributed by atoms with van der Waals surface area (Å²) in [7, 11) is 1.47. The van der Waals surface area contributed by atoms with Crippen molar-refractivity contribution in [3.63, 3.8) is 0 Å². The van der Waals surface area contributed by atoms with E-state index in [0.717, 1.165) is 5.56 Å². The van der Waals surface area contributed by atoms with Crippen LogP contribution in [0.15, 0.2) is 36.4 Å². The molecule has 1 rings (SSSR count). The van der Waals surface area contributed by atoms with Crippen molar-refractivity contribution in [1.29, 1.82) is 0 Å². The normalized spacial score (nSPS) is 12.1. The number of rotatable bonds is 8. The van der Waals surface area contributed by atoms with Gasteiger partial charge in [-0.05, 0) is 17.7 Å². The number of nitrogens with one attached hydrogen (secondary N) is 2. The van der Waals surface area contributed by atoms with Crippen molar-refractivity contribution in [3.8, 4) is 0 Å². The van der Waals surface area contributed by atoms with Crippen molar-refractivity contribution in [3.05, 3.63) is 47.0 Å². The van der Waals surface area contributed by atoms with Crippen molar-refractivity contribution < 1.29 is 19.4 Å². The summed E-state index contributed by atoms with van der Waals surface area (Å²) in [5, 5.41) is 13.9. The number of halogens is 1. The molecule has 0 fully saturated rings. The second-order valence-electron chi connectivity index (χ2n) is 4.46. The first-order valence-electron chi connectivity index (χ1n) is 6.69. The summed E-state index contributed by atoms with van der Waals surface area (Å²) in [6.07, 6.45) is 2.01. The third kappa shape index (κ3) is 7.10. The van der Waals surface area contributed by atoms with Crippen LogP contribution in [-0.2, 0) is 16.0 Å². The Labute approximate surface area is 134 Å². The number of hydrogen-bond acceptors (Lipinski definition) is 3. The molecule has 2 amide bonds.